The molecule has 3 heteroatoms. The number of hydrogen-bond acceptors (Lipinski definition) is 2. The molecule has 0 heterocycles. The molecule has 0 bridgehead atoms. The number of rotatable bonds is 4. The minimum absolute atomic E-state index is 0.0000491. The lowest BCUT2D eigenvalue weighted by Gasteiger charge is -2.18. The van der Waals surface area contributed by atoms with Crippen molar-refractivity contribution < 1.29 is 4.74 Å². The van der Waals surface area contributed by atoms with E-state index in [1.54, 1.807) is 0 Å². The Kier molecular flexibility index (Phi) is 3.40. The molecule has 3 nitrogen and oxygen atoms in total. The molecule has 0 saturated carbocycles. The van der Waals surface area contributed by atoms with E-state index in [-0.39, 0.29) is 5.84 Å². The van der Waals surface area contributed by atoms with Gasteiger partial charge in [0.1, 0.15) is 11.6 Å². The van der Waals surface area contributed by atoms with Gasteiger partial charge in [-0.05, 0) is 17.7 Å². The molecule has 0 aromatic heterocycles. The van der Waals surface area contributed by atoms with Crippen LogP contribution in [-0.4, -0.2) is 5.84 Å². The SMILES string of the molecule is N=C(N)C(Oc1ccccc1)c1ccccc1. The fourth-order valence-corrected chi connectivity index (χ4v) is 1.57. The molecule has 0 fully saturated rings. The van der Waals surface area contributed by atoms with E-state index in [1.165, 1.54) is 0 Å². The summed E-state index contributed by atoms with van der Waals surface area (Å²) in [5.41, 5.74) is 6.45. The monoisotopic (exact) mass is 226 g/mol. The Labute approximate surface area is 100 Å². The van der Waals surface area contributed by atoms with Crippen molar-refractivity contribution in [1.82, 2.24) is 0 Å². The van der Waals surface area contributed by atoms with Crippen LogP contribution in [0.5, 0.6) is 5.75 Å². The summed E-state index contributed by atoms with van der Waals surface area (Å²) in [5.74, 6) is 0.705. The van der Waals surface area contributed by atoms with Gasteiger partial charge in [-0.25, -0.2) is 0 Å². The molecule has 17 heavy (non-hydrogen) atoms. The van der Waals surface area contributed by atoms with Gasteiger partial charge in [-0.3, -0.25) is 5.41 Å². The summed E-state index contributed by atoms with van der Waals surface area (Å²) in [6.45, 7) is 0. The maximum absolute atomic E-state index is 7.59. The van der Waals surface area contributed by atoms with Gasteiger partial charge in [0.15, 0.2) is 6.10 Å². The van der Waals surface area contributed by atoms with Gasteiger partial charge in [0, 0.05) is 0 Å². The number of amidine groups is 1. The van der Waals surface area contributed by atoms with Crippen molar-refractivity contribution in [2.75, 3.05) is 0 Å². The predicted octanol–water partition coefficient (Wildman–Crippen LogP) is 2.74. The minimum atomic E-state index is -0.529. The summed E-state index contributed by atoms with van der Waals surface area (Å²) in [4.78, 5) is 0. The Hall–Kier alpha value is -2.29. The molecule has 0 spiro atoms. The van der Waals surface area contributed by atoms with Crippen molar-refractivity contribution >= 4 is 5.84 Å². The normalized spacial score (nSPS) is 11.8. The summed E-state index contributed by atoms with van der Waals surface area (Å²) in [7, 11) is 0. The Morgan fingerprint density at radius 2 is 1.47 bits per heavy atom. The third-order valence-corrected chi connectivity index (χ3v) is 2.38. The second-order valence-electron chi connectivity index (χ2n) is 3.68. The van der Waals surface area contributed by atoms with E-state index in [0.717, 1.165) is 5.56 Å². The Balaban J connectivity index is 2.23. The van der Waals surface area contributed by atoms with Crippen LogP contribution in [0.2, 0.25) is 0 Å². The third-order valence-electron chi connectivity index (χ3n) is 2.38. The second kappa shape index (κ2) is 5.16. The molecule has 0 saturated heterocycles. The summed E-state index contributed by atoms with van der Waals surface area (Å²) < 4.78 is 5.71. The van der Waals surface area contributed by atoms with Crippen LogP contribution in [0.4, 0.5) is 0 Å². The summed E-state index contributed by atoms with van der Waals surface area (Å²) in [6, 6.07) is 18.9. The van der Waals surface area contributed by atoms with Crippen molar-refractivity contribution in [3.8, 4) is 5.75 Å². The molecule has 0 amide bonds. The number of nitrogens with one attached hydrogen (secondary N) is 1. The molecule has 2 aromatic rings. The number of hydrogen-bond donors (Lipinski definition) is 2. The molecule has 0 aliphatic rings. The van der Waals surface area contributed by atoms with Crippen LogP contribution in [0.1, 0.15) is 11.7 Å². The van der Waals surface area contributed by atoms with Crippen LogP contribution in [0.15, 0.2) is 60.7 Å². The van der Waals surface area contributed by atoms with E-state index in [1.807, 2.05) is 60.7 Å². The van der Waals surface area contributed by atoms with Gasteiger partial charge in [-0.2, -0.15) is 0 Å². The van der Waals surface area contributed by atoms with Crippen LogP contribution in [0.3, 0.4) is 0 Å². The van der Waals surface area contributed by atoms with Gasteiger partial charge in [0.2, 0.25) is 0 Å². The first-order valence-corrected chi connectivity index (χ1v) is 5.38. The number of nitrogens with two attached hydrogens (primary N) is 1. The van der Waals surface area contributed by atoms with Gasteiger partial charge in [-0.1, -0.05) is 48.5 Å². The number of benzene rings is 2. The molecule has 0 aliphatic carbocycles. The molecular formula is C14H14N2O. The largest absolute Gasteiger partial charge is 0.478 e. The molecule has 2 aromatic carbocycles. The molecule has 3 N–H and O–H groups in total. The quantitative estimate of drug-likeness (QED) is 0.622. The molecule has 86 valence electrons. The first-order valence-electron chi connectivity index (χ1n) is 5.38. The van der Waals surface area contributed by atoms with Gasteiger partial charge in [-0.15, -0.1) is 0 Å². The smallest absolute Gasteiger partial charge is 0.180 e. The standard InChI is InChI=1S/C14H14N2O/c15-14(16)13(11-7-3-1-4-8-11)17-12-9-5-2-6-10-12/h1-10,13H,(H3,15,16). The van der Waals surface area contributed by atoms with Crippen molar-refractivity contribution in [3.63, 3.8) is 0 Å². The molecule has 0 radical (unpaired) electrons. The van der Waals surface area contributed by atoms with Gasteiger partial charge < -0.3 is 10.5 Å². The van der Waals surface area contributed by atoms with E-state index in [2.05, 4.69) is 0 Å². The van der Waals surface area contributed by atoms with Crippen LogP contribution < -0.4 is 10.5 Å². The van der Waals surface area contributed by atoms with E-state index in [9.17, 15) is 0 Å². The van der Waals surface area contributed by atoms with Crippen LogP contribution in [0, 0.1) is 5.41 Å². The number of para-hydroxylation sites is 1. The second-order valence-corrected chi connectivity index (χ2v) is 3.68. The molecule has 2 rings (SSSR count). The lowest BCUT2D eigenvalue weighted by molar-refractivity contribution is 0.271. The highest BCUT2D eigenvalue weighted by molar-refractivity contribution is 5.83. The maximum atomic E-state index is 7.59. The Morgan fingerprint density at radius 1 is 0.941 bits per heavy atom. The van der Waals surface area contributed by atoms with Crippen molar-refractivity contribution in [3.05, 3.63) is 66.2 Å². The average Bonchev–Trinajstić information content (AvgIpc) is 2.38. The molecule has 1 unspecified atom stereocenters. The van der Waals surface area contributed by atoms with Crippen LogP contribution in [0.25, 0.3) is 0 Å². The van der Waals surface area contributed by atoms with Crippen molar-refractivity contribution in [2.24, 2.45) is 5.73 Å². The van der Waals surface area contributed by atoms with Crippen LogP contribution >= 0.6 is 0 Å². The fourth-order valence-electron chi connectivity index (χ4n) is 1.57. The summed E-state index contributed by atoms with van der Waals surface area (Å²) in [6.07, 6.45) is -0.529. The maximum Gasteiger partial charge on any atom is 0.180 e. The zero-order valence-corrected chi connectivity index (χ0v) is 9.34. The molecule has 0 aliphatic heterocycles. The van der Waals surface area contributed by atoms with Crippen molar-refractivity contribution in [2.45, 2.75) is 6.10 Å². The zero-order valence-electron chi connectivity index (χ0n) is 9.34. The van der Waals surface area contributed by atoms with Gasteiger partial charge >= 0.3 is 0 Å². The summed E-state index contributed by atoms with van der Waals surface area (Å²) >= 11 is 0. The van der Waals surface area contributed by atoms with Crippen molar-refractivity contribution in [1.29, 1.82) is 5.41 Å². The lowest BCUT2D eigenvalue weighted by atomic mass is 10.1. The molecule has 1 atom stereocenters. The lowest BCUT2D eigenvalue weighted by Crippen LogP contribution is -2.25. The highest BCUT2D eigenvalue weighted by Gasteiger charge is 2.16. The van der Waals surface area contributed by atoms with Gasteiger partial charge in [0.05, 0.1) is 0 Å². The first kappa shape index (κ1) is 11.2. The highest BCUT2D eigenvalue weighted by Crippen LogP contribution is 2.21. The van der Waals surface area contributed by atoms with Crippen LogP contribution in [-0.2, 0) is 0 Å². The predicted molar refractivity (Wildman–Crippen MR) is 68.2 cm³/mol. The average molecular weight is 226 g/mol. The Morgan fingerprint density at radius 3 is 2.00 bits per heavy atom. The van der Waals surface area contributed by atoms with E-state index in [4.69, 9.17) is 15.9 Å². The van der Waals surface area contributed by atoms with E-state index >= 15 is 0 Å². The topological polar surface area (TPSA) is 59.1 Å². The molecular weight excluding hydrogens is 212 g/mol. The third kappa shape index (κ3) is 2.84. The van der Waals surface area contributed by atoms with E-state index in [0.29, 0.717) is 5.75 Å². The zero-order chi connectivity index (χ0) is 12.1. The Bertz CT molecular complexity index is 482. The minimum Gasteiger partial charge on any atom is -0.478 e. The first-order chi connectivity index (χ1) is 8.27. The number of ether oxygens (including phenoxy) is 1. The van der Waals surface area contributed by atoms with Gasteiger partial charge in [0.25, 0.3) is 0 Å². The summed E-state index contributed by atoms with van der Waals surface area (Å²) in [5, 5.41) is 7.59. The highest BCUT2D eigenvalue weighted by atomic mass is 16.5. The fraction of sp³-hybridized carbons (Fsp3) is 0.0714. The van der Waals surface area contributed by atoms with E-state index < -0.39 is 6.10 Å².